The van der Waals surface area contributed by atoms with E-state index in [1.165, 1.54) is 33.0 Å². The first-order chi connectivity index (χ1) is 13.6. The normalized spacial score (nSPS) is 19.0. The van der Waals surface area contributed by atoms with Gasteiger partial charge in [-0.05, 0) is 68.8 Å². The standard InChI is InChI=1S/C27H27BrO/c1-25(2)20-14-19(22(28)15-21(20)26(3,4)27(25,5)6)16-11-12-18-17-9-7-8-10-23(17)29-24(18)13-16/h7-15H,1-6H3. The van der Waals surface area contributed by atoms with Crippen molar-refractivity contribution >= 4 is 37.9 Å². The summed E-state index contributed by atoms with van der Waals surface area (Å²) in [7, 11) is 0. The first kappa shape index (κ1) is 18.9. The Kier molecular flexibility index (Phi) is 3.76. The van der Waals surface area contributed by atoms with E-state index < -0.39 is 0 Å². The molecule has 3 aromatic carbocycles. The van der Waals surface area contributed by atoms with E-state index >= 15 is 0 Å². The Hall–Kier alpha value is -2.06. The zero-order valence-electron chi connectivity index (χ0n) is 18.0. The minimum atomic E-state index is 0.0880. The summed E-state index contributed by atoms with van der Waals surface area (Å²) in [5, 5.41) is 2.34. The number of para-hydroxylation sites is 1. The van der Waals surface area contributed by atoms with Crippen LogP contribution >= 0.6 is 15.9 Å². The summed E-state index contributed by atoms with van der Waals surface area (Å²) >= 11 is 3.88. The van der Waals surface area contributed by atoms with Crippen molar-refractivity contribution in [2.24, 2.45) is 5.41 Å². The fourth-order valence-electron chi connectivity index (χ4n) is 5.18. The van der Waals surface area contributed by atoms with Crippen LogP contribution in [0.3, 0.4) is 0 Å². The van der Waals surface area contributed by atoms with Gasteiger partial charge in [0, 0.05) is 15.2 Å². The maximum absolute atomic E-state index is 6.14. The van der Waals surface area contributed by atoms with Crippen LogP contribution in [0.1, 0.15) is 52.7 Å². The molecule has 1 aromatic heterocycles. The lowest BCUT2D eigenvalue weighted by molar-refractivity contribution is 0.125. The number of furan rings is 1. The molecule has 5 rings (SSSR count). The van der Waals surface area contributed by atoms with Crippen LogP contribution in [-0.2, 0) is 10.8 Å². The smallest absolute Gasteiger partial charge is 0.136 e. The molecule has 0 aliphatic heterocycles. The Morgan fingerprint density at radius 2 is 1.31 bits per heavy atom. The van der Waals surface area contributed by atoms with Crippen LogP contribution in [0.5, 0.6) is 0 Å². The lowest BCUT2D eigenvalue weighted by Gasteiger charge is -2.44. The van der Waals surface area contributed by atoms with Gasteiger partial charge in [-0.3, -0.25) is 0 Å². The summed E-state index contributed by atoms with van der Waals surface area (Å²) in [6, 6.07) is 19.6. The highest BCUT2D eigenvalue weighted by Gasteiger charge is 2.56. The number of benzene rings is 3. The lowest BCUT2D eigenvalue weighted by atomic mass is 9.59. The van der Waals surface area contributed by atoms with Crippen molar-refractivity contribution in [3.63, 3.8) is 0 Å². The molecule has 1 heterocycles. The molecular formula is C27H27BrO. The third kappa shape index (κ3) is 2.33. The summed E-state index contributed by atoms with van der Waals surface area (Å²) in [5.74, 6) is 0. The van der Waals surface area contributed by atoms with Crippen LogP contribution in [0.2, 0.25) is 0 Å². The number of rotatable bonds is 1. The van der Waals surface area contributed by atoms with Gasteiger partial charge in [0.2, 0.25) is 0 Å². The van der Waals surface area contributed by atoms with Gasteiger partial charge in [0.15, 0.2) is 0 Å². The molecular weight excluding hydrogens is 420 g/mol. The zero-order valence-corrected chi connectivity index (χ0v) is 19.6. The summed E-state index contributed by atoms with van der Waals surface area (Å²) in [5.41, 5.74) is 7.55. The molecule has 1 nitrogen and oxygen atoms in total. The van der Waals surface area contributed by atoms with Crippen LogP contribution in [0, 0.1) is 5.41 Å². The number of hydrogen-bond donors (Lipinski definition) is 0. The Morgan fingerprint density at radius 1 is 0.690 bits per heavy atom. The van der Waals surface area contributed by atoms with Crippen molar-refractivity contribution in [3.05, 3.63) is 70.2 Å². The maximum Gasteiger partial charge on any atom is 0.136 e. The number of hydrogen-bond acceptors (Lipinski definition) is 1. The monoisotopic (exact) mass is 446 g/mol. The van der Waals surface area contributed by atoms with Gasteiger partial charge in [-0.2, -0.15) is 0 Å². The van der Waals surface area contributed by atoms with Crippen LogP contribution in [0.25, 0.3) is 33.1 Å². The van der Waals surface area contributed by atoms with E-state index in [0.717, 1.165) is 15.6 Å². The lowest BCUT2D eigenvalue weighted by Crippen LogP contribution is -2.42. The van der Waals surface area contributed by atoms with Crippen molar-refractivity contribution in [3.8, 4) is 11.1 Å². The molecule has 0 atom stereocenters. The third-order valence-electron chi connectivity index (χ3n) is 8.27. The minimum absolute atomic E-state index is 0.0880. The minimum Gasteiger partial charge on any atom is -0.456 e. The highest BCUT2D eigenvalue weighted by Crippen LogP contribution is 2.62. The molecule has 0 fully saturated rings. The second-order valence-electron chi connectivity index (χ2n) is 10.1. The zero-order chi connectivity index (χ0) is 20.8. The fourth-order valence-corrected chi connectivity index (χ4v) is 5.75. The Morgan fingerprint density at radius 3 is 2.03 bits per heavy atom. The van der Waals surface area contributed by atoms with Crippen LogP contribution in [0.15, 0.2) is 63.5 Å². The van der Waals surface area contributed by atoms with Gasteiger partial charge in [0.25, 0.3) is 0 Å². The highest BCUT2D eigenvalue weighted by atomic mass is 79.9. The van der Waals surface area contributed by atoms with Gasteiger partial charge in [-0.1, -0.05) is 81.7 Å². The van der Waals surface area contributed by atoms with E-state index in [2.05, 4.69) is 99.9 Å². The average molecular weight is 447 g/mol. The molecule has 0 radical (unpaired) electrons. The first-order valence-electron chi connectivity index (χ1n) is 10.3. The van der Waals surface area contributed by atoms with Gasteiger partial charge < -0.3 is 4.42 Å². The molecule has 4 aromatic rings. The van der Waals surface area contributed by atoms with E-state index in [0.29, 0.717) is 0 Å². The quantitative estimate of drug-likeness (QED) is 0.285. The molecule has 0 saturated carbocycles. The molecule has 2 heteroatoms. The van der Waals surface area contributed by atoms with Crippen molar-refractivity contribution in [2.45, 2.75) is 52.4 Å². The maximum atomic E-state index is 6.14. The predicted octanol–water partition coefficient (Wildman–Crippen LogP) is 8.61. The first-order valence-corrected chi connectivity index (χ1v) is 11.1. The summed E-state index contributed by atoms with van der Waals surface area (Å²) in [4.78, 5) is 0. The summed E-state index contributed by atoms with van der Waals surface area (Å²) < 4.78 is 7.29. The van der Waals surface area contributed by atoms with Crippen LogP contribution < -0.4 is 0 Å². The van der Waals surface area contributed by atoms with Crippen LogP contribution in [-0.4, -0.2) is 0 Å². The Bertz CT molecular complexity index is 1290. The molecule has 0 unspecified atom stereocenters. The van der Waals surface area contributed by atoms with Crippen molar-refractivity contribution in [1.29, 1.82) is 0 Å². The molecule has 1 aliphatic rings. The number of fused-ring (bicyclic) bond motifs is 4. The van der Waals surface area contributed by atoms with E-state index in [4.69, 9.17) is 4.42 Å². The average Bonchev–Trinajstić information content (AvgIpc) is 3.08. The molecule has 1 aliphatic carbocycles. The molecule has 0 N–H and O–H groups in total. The second kappa shape index (κ2) is 5.76. The third-order valence-corrected chi connectivity index (χ3v) is 8.92. The molecule has 0 saturated heterocycles. The fraction of sp³-hybridized carbons (Fsp3) is 0.333. The summed E-state index contributed by atoms with van der Waals surface area (Å²) in [6.45, 7) is 14.4. The topological polar surface area (TPSA) is 13.1 Å². The molecule has 148 valence electrons. The summed E-state index contributed by atoms with van der Waals surface area (Å²) in [6.07, 6.45) is 0. The molecule has 0 amide bonds. The van der Waals surface area contributed by atoms with Gasteiger partial charge in [0.1, 0.15) is 11.2 Å². The van der Waals surface area contributed by atoms with Gasteiger partial charge in [0.05, 0.1) is 0 Å². The predicted molar refractivity (Wildman–Crippen MR) is 127 cm³/mol. The second-order valence-corrected chi connectivity index (χ2v) is 10.9. The van der Waals surface area contributed by atoms with Gasteiger partial charge in [-0.15, -0.1) is 0 Å². The van der Waals surface area contributed by atoms with E-state index in [1.54, 1.807) is 0 Å². The van der Waals surface area contributed by atoms with Crippen molar-refractivity contribution in [2.75, 3.05) is 0 Å². The van der Waals surface area contributed by atoms with Gasteiger partial charge >= 0.3 is 0 Å². The van der Waals surface area contributed by atoms with E-state index in [9.17, 15) is 0 Å². The van der Waals surface area contributed by atoms with E-state index in [-0.39, 0.29) is 16.2 Å². The molecule has 29 heavy (non-hydrogen) atoms. The largest absolute Gasteiger partial charge is 0.456 e. The van der Waals surface area contributed by atoms with Crippen molar-refractivity contribution < 1.29 is 4.42 Å². The molecule has 0 bridgehead atoms. The van der Waals surface area contributed by atoms with Crippen LogP contribution in [0.4, 0.5) is 0 Å². The SMILES string of the molecule is CC1(C)c2cc(Br)c(-c3ccc4c(c3)oc3ccccc34)cc2C(C)(C)C1(C)C. The highest BCUT2D eigenvalue weighted by molar-refractivity contribution is 9.10. The Labute approximate surface area is 181 Å². The van der Waals surface area contributed by atoms with Crippen molar-refractivity contribution in [1.82, 2.24) is 0 Å². The molecule has 0 spiro atoms. The Balaban J connectivity index is 1.73. The van der Waals surface area contributed by atoms with Gasteiger partial charge in [-0.25, -0.2) is 0 Å². The van der Waals surface area contributed by atoms with E-state index in [1.807, 2.05) is 12.1 Å². The number of halogens is 1.